The Labute approximate surface area is 134 Å². The molecule has 0 radical (unpaired) electrons. The SMILES string of the molecule is Cc1cccc(/C=c2\s/c(=C\C(=O)C(C)(C)C)n(C)c2=O)c1. The van der Waals surface area contributed by atoms with Crippen LogP contribution in [0.25, 0.3) is 12.2 Å². The summed E-state index contributed by atoms with van der Waals surface area (Å²) in [5.74, 6) is 0.0199. The normalized spacial score (nSPS) is 13.7. The Balaban J connectivity index is 2.59. The summed E-state index contributed by atoms with van der Waals surface area (Å²) in [5, 5.41) is 0. The fourth-order valence-electron chi connectivity index (χ4n) is 1.95. The minimum Gasteiger partial charge on any atom is -0.302 e. The van der Waals surface area contributed by atoms with Gasteiger partial charge in [-0.25, -0.2) is 0 Å². The smallest absolute Gasteiger partial charge is 0.268 e. The fourth-order valence-corrected chi connectivity index (χ4v) is 2.98. The number of rotatable bonds is 2. The third-order valence-corrected chi connectivity index (χ3v) is 4.51. The van der Waals surface area contributed by atoms with Crippen molar-refractivity contribution >= 4 is 29.3 Å². The van der Waals surface area contributed by atoms with Crippen LogP contribution >= 0.6 is 11.3 Å². The maximum atomic E-state index is 12.3. The van der Waals surface area contributed by atoms with Gasteiger partial charge in [0.05, 0.1) is 4.53 Å². The second kappa shape index (κ2) is 6.05. The molecule has 4 heteroatoms. The molecule has 1 aromatic heterocycles. The van der Waals surface area contributed by atoms with Crippen molar-refractivity contribution in [3.63, 3.8) is 0 Å². The molecular weight excluding hydrogens is 294 g/mol. The molecule has 1 aromatic carbocycles. The predicted molar refractivity (Wildman–Crippen MR) is 92.5 cm³/mol. The van der Waals surface area contributed by atoms with Crippen molar-refractivity contribution in [2.75, 3.05) is 0 Å². The third-order valence-electron chi connectivity index (χ3n) is 3.39. The highest BCUT2D eigenvalue weighted by Crippen LogP contribution is 2.14. The molecule has 3 nitrogen and oxygen atoms in total. The summed E-state index contributed by atoms with van der Waals surface area (Å²) in [5.41, 5.74) is 1.63. The van der Waals surface area contributed by atoms with Crippen LogP contribution in [0.1, 0.15) is 31.9 Å². The molecule has 0 aliphatic carbocycles. The molecule has 0 amide bonds. The predicted octanol–water partition coefficient (Wildman–Crippen LogP) is 1.98. The molecule has 0 saturated heterocycles. The quantitative estimate of drug-likeness (QED) is 0.850. The Morgan fingerprint density at radius 1 is 1.27 bits per heavy atom. The molecule has 22 heavy (non-hydrogen) atoms. The number of nitrogens with zero attached hydrogens (tertiary/aromatic N) is 1. The lowest BCUT2D eigenvalue weighted by atomic mass is 9.91. The number of benzene rings is 1. The van der Waals surface area contributed by atoms with Crippen molar-refractivity contribution < 1.29 is 4.79 Å². The molecular formula is C18H21NO2S. The minimum atomic E-state index is -0.444. The number of carbonyl (C=O) groups is 1. The van der Waals surface area contributed by atoms with Gasteiger partial charge in [-0.05, 0) is 18.6 Å². The lowest BCUT2D eigenvalue weighted by Gasteiger charge is -2.12. The van der Waals surface area contributed by atoms with E-state index in [0.29, 0.717) is 9.20 Å². The second-order valence-electron chi connectivity index (χ2n) is 6.49. The van der Waals surface area contributed by atoms with Crippen LogP contribution < -0.4 is 14.8 Å². The zero-order valence-corrected chi connectivity index (χ0v) is 14.5. The molecule has 0 N–H and O–H groups in total. The van der Waals surface area contributed by atoms with E-state index in [0.717, 1.165) is 11.1 Å². The van der Waals surface area contributed by atoms with E-state index in [1.165, 1.54) is 15.9 Å². The lowest BCUT2D eigenvalue weighted by molar-refractivity contribution is -0.120. The summed E-state index contributed by atoms with van der Waals surface area (Å²) in [7, 11) is 1.70. The standard InChI is InChI=1S/C18H21NO2S/c1-12-7-6-8-13(9-12)10-14-17(21)19(5)16(22-14)11-15(20)18(2,3)4/h6-11H,1-5H3/b14-10-,16-11-. The van der Waals surface area contributed by atoms with Crippen LogP contribution in [0.5, 0.6) is 0 Å². The number of aromatic nitrogens is 1. The molecule has 0 fully saturated rings. The van der Waals surface area contributed by atoms with Gasteiger partial charge in [0.2, 0.25) is 0 Å². The molecule has 116 valence electrons. The molecule has 0 unspecified atom stereocenters. The summed E-state index contributed by atoms with van der Waals surface area (Å²) in [6.45, 7) is 7.64. The van der Waals surface area contributed by atoms with Crippen LogP contribution in [0, 0.1) is 12.3 Å². The van der Waals surface area contributed by atoms with Gasteiger partial charge in [-0.15, -0.1) is 11.3 Å². The van der Waals surface area contributed by atoms with E-state index in [4.69, 9.17) is 0 Å². The number of thiazole rings is 1. The average Bonchev–Trinajstić information content (AvgIpc) is 2.66. The number of hydrogen-bond acceptors (Lipinski definition) is 3. The van der Waals surface area contributed by atoms with Crippen molar-refractivity contribution in [2.45, 2.75) is 27.7 Å². The number of carbonyl (C=O) groups excluding carboxylic acids is 1. The zero-order valence-electron chi connectivity index (χ0n) is 13.6. The maximum Gasteiger partial charge on any atom is 0.268 e. The van der Waals surface area contributed by atoms with Gasteiger partial charge in [-0.1, -0.05) is 50.6 Å². The molecule has 2 rings (SSSR count). The third kappa shape index (κ3) is 3.63. The van der Waals surface area contributed by atoms with Gasteiger partial charge >= 0.3 is 0 Å². The Morgan fingerprint density at radius 3 is 2.55 bits per heavy atom. The van der Waals surface area contributed by atoms with Crippen LogP contribution in [0.2, 0.25) is 0 Å². The van der Waals surface area contributed by atoms with Gasteiger partial charge < -0.3 is 4.57 Å². The summed E-state index contributed by atoms with van der Waals surface area (Å²) in [6.07, 6.45) is 3.44. The first kappa shape index (κ1) is 16.4. The number of Topliss-reactive ketones (excluding diaryl/α,β-unsaturated/α-hetero) is 1. The molecule has 0 atom stereocenters. The Hall–Kier alpha value is -1.94. The summed E-state index contributed by atoms with van der Waals surface area (Å²) in [6, 6.07) is 7.99. The molecule has 0 bridgehead atoms. The Kier molecular flexibility index (Phi) is 4.52. The first-order valence-corrected chi connectivity index (χ1v) is 8.00. The summed E-state index contributed by atoms with van der Waals surface area (Å²) in [4.78, 5) is 24.5. The molecule has 0 aliphatic heterocycles. The second-order valence-corrected chi connectivity index (χ2v) is 7.55. The van der Waals surface area contributed by atoms with Crippen LogP contribution in [0.15, 0.2) is 29.1 Å². The fraction of sp³-hybridized carbons (Fsp3) is 0.333. The molecule has 0 saturated carbocycles. The first-order chi connectivity index (χ1) is 10.2. The van der Waals surface area contributed by atoms with E-state index in [9.17, 15) is 9.59 Å². The lowest BCUT2D eigenvalue weighted by Crippen LogP contribution is -2.30. The van der Waals surface area contributed by atoms with E-state index in [1.807, 2.05) is 58.0 Å². The first-order valence-electron chi connectivity index (χ1n) is 7.19. The minimum absolute atomic E-state index is 0.0199. The van der Waals surface area contributed by atoms with Crippen molar-refractivity contribution in [3.05, 3.63) is 54.9 Å². The Bertz CT molecular complexity index is 879. The topological polar surface area (TPSA) is 39.1 Å². The highest BCUT2D eigenvalue weighted by molar-refractivity contribution is 7.07. The van der Waals surface area contributed by atoms with Gasteiger partial charge in [0.1, 0.15) is 4.66 Å². The number of hydrogen-bond donors (Lipinski definition) is 0. The number of ketones is 1. The summed E-state index contributed by atoms with van der Waals surface area (Å²) >= 11 is 1.35. The Morgan fingerprint density at radius 2 is 1.95 bits per heavy atom. The summed E-state index contributed by atoms with van der Waals surface area (Å²) < 4.78 is 2.86. The monoisotopic (exact) mass is 315 g/mol. The van der Waals surface area contributed by atoms with Crippen molar-refractivity contribution in [2.24, 2.45) is 12.5 Å². The van der Waals surface area contributed by atoms with Gasteiger partial charge in [0.15, 0.2) is 5.78 Å². The van der Waals surface area contributed by atoms with Crippen LogP contribution in [0.3, 0.4) is 0 Å². The van der Waals surface area contributed by atoms with Crippen LogP contribution in [-0.4, -0.2) is 10.4 Å². The molecule has 0 spiro atoms. The van der Waals surface area contributed by atoms with Crippen molar-refractivity contribution in [1.82, 2.24) is 4.57 Å². The molecule has 0 aliphatic rings. The molecule has 2 aromatic rings. The van der Waals surface area contributed by atoms with E-state index in [2.05, 4.69) is 0 Å². The largest absolute Gasteiger partial charge is 0.302 e. The van der Waals surface area contributed by atoms with Crippen molar-refractivity contribution in [1.29, 1.82) is 0 Å². The highest BCUT2D eigenvalue weighted by atomic mass is 32.1. The maximum absolute atomic E-state index is 12.3. The highest BCUT2D eigenvalue weighted by Gasteiger charge is 2.19. The van der Waals surface area contributed by atoms with Gasteiger partial charge in [-0.2, -0.15) is 0 Å². The van der Waals surface area contributed by atoms with E-state index >= 15 is 0 Å². The number of aryl methyl sites for hydroxylation is 1. The zero-order chi connectivity index (χ0) is 16.5. The van der Waals surface area contributed by atoms with Crippen molar-refractivity contribution in [3.8, 4) is 0 Å². The van der Waals surface area contributed by atoms with Gasteiger partial charge in [-0.3, -0.25) is 9.59 Å². The van der Waals surface area contributed by atoms with E-state index < -0.39 is 5.41 Å². The van der Waals surface area contributed by atoms with Crippen LogP contribution in [0.4, 0.5) is 0 Å². The van der Waals surface area contributed by atoms with Gasteiger partial charge in [0, 0.05) is 18.5 Å². The average molecular weight is 315 g/mol. The van der Waals surface area contributed by atoms with Crippen LogP contribution in [-0.2, 0) is 11.8 Å². The van der Waals surface area contributed by atoms with Gasteiger partial charge in [0.25, 0.3) is 5.56 Å². The van der Waals surface area contributed by atoms with E-state index in [-0.39, 0.29) is 11.3 Å². The molecule has 1 heterocycles. The van der Waals surface area contributed by atoms with E-state index in [1.54, 1.807) is 13.1 Å².